The lowest BCUT2D eigenvalue weighted by Gasteiger charge is -2.12. The zero-order valence-corrected chi connectivity index (χ0v) is 10.8. The molecular formula is C12H11BrN2O2. The summed E-state index contributed by atoms with van der Waals surface area (Å²) in [4.78, 5) is 15.8. The molecule has 0 spiro atoms. The molecule has 2 rings (SSSR count). The maximum atomic E-state index is 11.8. The molecular weight excluding hydrogens is 284 g/mol. The molecule has 4 nitrogen and oxygen atoms in total. The Bertz CT molecular complexity index is 510. The van der Waals surface area contributed by atoms with Gasteiger partial charge in [-0.05, 0) is 40.5 Å². The van der Waals surface area contributed by atoms with Gasteiger partial charge in [0.1, 0.15) is 6.26 Å². The Kier molecular flexibility index (Phi) is 3.58. The summed E-state index contributed by atoms with van der Waals surface area (Å²) in [6, 6.07) is 5.31. The fourth-order valence-corrected chi connectivity index (χ4v) is 1.78. The van der Waals surface area contributed by atoms with E-state index in [1.807, 2.05) is 19.1 Å². The number of rotatable bonds is 3. The van der Waals surface area contributed by atoms with Gasteiger partial charge >= 0.3 is 0 Å². The summed E-state index contributed by atoms with van der Waals surface area (Å²) in [6.45, 7) is 1.92. The predicted molar refractivity (Wildman–Crippen MR) is 66.5 cm³/mol. The van der Waals surface area contributed by atoms with Gasteiger partial charge in [-0.2, -0.15) is 0 Å². The largest absolute Gasteiger partial charge is 0.457 e. The highest BCUT2D eigenvalue weighted by molar-refractivity contribution is 9.10. The molecule has 1 unspecified atom stereocenters. The highest BCUT2D eigenvalue weighted by Crippen LogP contribution is 2.16. The lowest BCUT2D eigenvalue weighted by Crippen LogP contribution is -2.26. The molecule has 2 heterocycles. The van der Waals surface area contributed by atoms with E-state index in [1.54, 1.807) is 18.5 Å². The Labute approximate surface area is 107 Å². The van der Waals surface area contributed by atoms with Crippen LogP contribution in [0.3, 0.4) is 0 Å². The second-order valence-electron chi connectivity index (χ2n) is 3.62. The average molecular weight is 295 g/mol. The molecule has 0 saturated heterocycles. The number of amides is 1. The summed E-state index contributed by atoms with van der Waals surface area (Å²) in [5.74, 6) is -0.163. The van der Waals surface area contributed by atoms with Crippen molar-refractivity contribution in [3.05, 3.63) is 52.7 Å². The Morgan fingerprint density at radius 1 is 1.47 bits per heavy atom. The van der Waals surface area contributed by atoms with Crippen molar-refractivity contribution in [2.75, 3.05) is 0 Å². The van der Waals surface area contributed by atoms with Crippen LogP contribution in [0.4, 0.5) is 0 Å². The number of aromatic nitrogens is 1. The average Bonchev–Trinajstić information content (AvgIpc) is 2.77. The zero-order chi connectivity index (χ0) is 12.3. The Morgan fingerprint density at radius 3 is 2.76 bits per heavy atom. The smallest absolute Gasteiger partial charge is 0.255 e. The van der Waals surface area contributed by atoms with Crippen molar-refractivity contribution in [3.63, 3.8) is 0 Å². The van der Waals surface area contributed by atoms with Gasteiger partial charge in [-0.1, -0.05) is 0 Å². The van der Waals surface area contributed by atoms with Gasteiger partial charge < -0.3 is 9.73 Å². The monoisotopic (exact) mass is 294 g/mol. The topological polar surface area (TPSA) is 55.1 Å². The van der Waals surface area contributed by atoms with Gasteiger partial charge in [0.15, 0.2) is 4.67 Å². The first-order valence-corrected chi connectivity index (χ1v) is 5.91. The molecule has 0 aliphatic rings. The molecule has 0 fully saturated rings. The highest BCUT2D eigenvalue weighted by Gasteiger charge is 2.13. The van der Waals surface area contributed by atoms with E-state index in [0.717, 1.165) is 5.56 Å². The summed E-state index contributed by atoms with van der Waals surface area (Å²) >= 11 is 3.16. The van der Waals surface area contributed by atoms with Gasteiger partial charge in [-0.25, -0.2) is 0 Å². The van der Waals surface area contributed by atoms with Crippen molar-refractivity contribution < 1.29 is 9.21 Å². The summed E-state index contributed by atoms with van der Waals surface area (Å²) in [6.07, 6.45) is 4.82. The molecule has 0 radical (unpaired) electrons. The van der Waals surface area contributed by atoms with Gasteiger partial charge in [0.05, 0.1) is 11.6 Å². The molecule has 1 amide bonds. The first-order valence-electron chi connectivity index (χ1n) is 5.11. The normalized spacial score (nSPS) is 12.1. The van der Waals surface area contributed by atoms with Gasteiger partial charge in [0.2, 0.25) is 0 Å². The molecule has 2 aromatic heterocycles. The second kappa shape index (κ2) is 5.14. The fourth-order valence-electron chi connectivity index (χ4n) is 1.44. The SMILES string of the molecule is CC(NC(=O)c1coc(Br)c1)c1ccncc1. The van der Waals surface area contributed by atoms with Crippen LogP contribution in [0.5, 0.6) is 0 Å². The van der Waals surface area contributed by atoms with Crippen LogP contribution in [0.1, 0.15) is 28.9 Å². The first-order chi connectivity index (χ1) is 8.16. The Balaban J connectivity index is 2.04. The second-order valence-corrected chi connectivity index (χ2v) is 4.40. The van der Waals surface area contributed by atoms with E-state index in [1.165, 1.54) is 6.26 Å². The summed E-state index contributed by atoms with van der Waals surface area (Å²) in [5.41, 5.74) is 1.51. The minimum atomic E-state index is -0.163. The van der Waals surface area contributed by atoms with E-state index >= 15 is 0 Å². The number of nitrogens with one attached hydrogen (secondary N) is 1. The van der Waals surface area contributed by atoms with Crippen LogP contribution in [0.25, 0.3) is 0 Å². The number of hydrogen-bond donors (Lipinski definition) is 1. The van der Waals surface area contributed by atoms with Gasteiger partial charge in [0, 0.05) is 18.5 Å². The minimum absolute atomic E-state index is 0.0702. The molecule has 0 aromatic carbocycles. The predicted octanol–water partition coefficient (Wildman–Crippen LogP) is 2.93. The molecule has 0 aliphatic heterocycles. The molecule has 2 aromatic rings. The summed E-state index contributed by atoms with van der Waals surface area (Å²) in [5, 5.41) is 2.88. The van der Waals surface area contributed by atoms with Crippen molar-refractivity contribution >= 4 is 21.8 Å². The van der Waals surface area contributed by atoms with E-state index in [0.29, 0.717) is 10.2 Å². The highest BCUT2D eigenvalue weighted by atomic mass is 79.9. The van der Waals surface area contributed by atoms with Crippen molar-refractivity contribution in [2.45, 2.75) is 13.0 Å². The van der Waals surface area contributed by atoms with Gasteiger partial charge in [-0.15, -0.1) is 0 Å². The molecule has 0 bridgehead atoms. The number of pyridine rings is 1. The molecule has 88 valence electrons. The molecule has 0 aliphatic carbocycles. The lowest BCUT2D eigenvalue weighted by atomic mass is 10.1. The fraction of sp³-hybridized carbons (Fsp3) is 0.167. The third kappa shape index (κ3) is 2.94. The molecule has 1 N–H and O–H groups in total. The van der Waals surface area contributed by atoms with Crippen molar-refractivity contribution in [3.8, 4) is 0 Å². The Hall–Kier alpha value is -1.62. The minimum Gasteiger partial charge on any atom is -0.457 e. The summed E-state index contributed by atoms with van der Waals surface area (Å²) in [7, 11) is 0. The van der Waals surface area contributed by atoms with E-state index in [-0.39, 0.29) is 11.9 Å². The first kappa shape index (κ1) is 11.9. The Morgan fingerprint density at radius 2 is 2.18 bits per heavy atom. The molecule has 0 saturated carbocycles. The quantitative estimate of drug-likeness (QED) is 0.947. The van der Waals surface area contributed by atoms with E-state index < -0.39 is 0 Å². The molecule has 17 heavy (non-hydrogen) atoms. The van der Waals surface area contributed by atoms with E-state index in [2.05, 4.69) is 26.2 Å². The van der Waals surface area contributed by atoms with Crippen molar-refractivity contribution in [1.29, 1.82) is 0 Å². The number of carbonyl (C=O) groups is 1. The van der Waals surface area contributed by atoms with Crippen LogP contribution in [0.2, 0.25) is 0 Å². The number of hydrogen-bond acceptors (Lipinski definition) is 3. The van der Waals surface area contributed by atoms with Crippen LogP contribution in [-0.2, 0) is 0 Å². The van der Waals surface area contributed by atoms with Crippen molar-refractivity contribution in [1.82, 2.24) is 10.3 Å². The summed E-state index contributed by atoms with van der Waals surface area (Å²) < 4.78 is 5.56. The van der Waals surface area contributed by atoms with E-state index in [4.69, 9.17) is 4.42 Å². The van der Waals surface area contributed by atoms with Crippen molar-refractivity contribution in [2.24, 2.45) is 0 Å². The maximum Gasteiger partial charge on any atom is 0.255 e. The van der Waals surface area contributed by atoms with Crippen LogP contribution < -0.4 is 5.32 Å². The van der Waals surface area contributed by atoms with Crippen LogP contribution >= 0.6 is 15.9 Å². The number of nitrogens with zero attached hydrogens (tertiary/aromatic N) is 1. The molecule has 5 heteroatoms. The van der Waals surface area contributed by atoms with Gasteiger partial charge in [0.25, 0.3) is 5.91 Å². The van der Waals surface area contributed by atoms with Crippen LogP contribution in [-0.4, -0.2) is 10.9 Å². The standard InChI is InChI=1S/C12H11BrN2O2/c1-8(9-2-4-14-5-3-9)15-12(16)10-6-11(13)17-7-10/h2-8H,1H3,(H,15,16). The number of carbonyl (C=O) groups excluding carboxylic acids is 1. The van der Waals surface area contributed by atoms with Gasteiger partial charge in [-0.3, -0.25) is 9.78 Å². The maximum absolute atomic E-state index is 11.8. The number of furan rings is 1. The zero-order valence-electron chi connectivity index (χ0n) is 9.18. The van der Waals surface area contributed by atoms with Crippen LogP contribution in [0.15, 0.2) is 45.9 Å². The lowest BCUT2D eigenvalue weighted by molar-refractivity contribution is 0.0939. The molecule has 1 atom stereocenters. The number of halogens is 1. The van der Waals surface area contributed by atoms with E-state index in [9.17, 15) is 4.79 Å². The third-order valence-corrected chi connectivity index (χ3v) is 2.80. The third-order valence-electron chi connectivity index (χ3n) is 2.38. The van der Waals surface area contributed by atoms with Crippen LogP contribution in [0, 0.1) is 0 Å².